The molecule has 0 saturated heterocycles. The second-order valence-corrected chi connectivity index (χ2v) is 6.35. The smallest absolute Gasteiger partial charge is 0.168 e. The van der Waals surface area contributed by atoms with Crippen LogP contribution in [0.4, 0.5) is 0 Å². The summed E-state index contributed by atoms with van der Waals surface area (Å²) in [6.07, 6.45) is 1.95. The highest BCUT2D eigenvalue weighted by atomic mass is 79.9. The normalized spacial score (nSPS) is 10.7. The average molecular weight is 432 g/mol. The van der Waals surface area contributed by atoms with E-state index in [1.54, 1.807) is 7.11 Å². The molecule has 0 aromatic heterocycles. The number of methoxy groups -OCH3 is 1. The van der Waals surface area contributed by atoms with Crippen LogP contribution in [0.25, 0.3) is 10.8 Å². The Morgan fingerprint density at radius 2 is 1.64 bits per heavy atom. The number of benzene rings is 2. The molecule has 0 N–H and O–H groups in total. The summed E-state index contributed by atoms with van der Waals surface area (Å²) in [4.78, 5) is 0. The van der Waals surface area contributed by atoms with Crippen LogP contribution in [0.3, 0.4) is 0 Å². The van der Waals surface area contributed by atoms with Crippen LogP contribution in [0.1, 0.15) is 12.8 Å². The summed E-state index contributed by atoms with van der Waals surface area (Å²) in [5.41, 5.74) is 0. The van der Waals surface area contributed by atoms with E-state index in [4.69, 9.17) is 14.2 Å². The van der Waals surface area contributed by atoms with E-state index in [9.17, 15) is 0 Å². The predicted octanol–water partition coefficient (Wildman–Crippen LogP) is 5.18. The number of alkyl halides is 2. The molecule has 22 heavy (non-hydrogen) atoms. The zero-order chi connectivity index (χ0) is 15.8. The fourth-order valence-electron chi connectivity index (χ4n) is 2.15. The lowest BCUT2D eigenvalue weighted by Gasteiger charge is -2.14. The van der Waals surface area contributed by atoms with E-state index >= 15 is 0 Å². The average Bonchev–Trinajstić information content (AvgIpc) is 2.55. The highest BCUT2D eigenvalue weighted by Crippen LogP contribution is 2.37. The Hall–Kier alpha value is -0.940. The van der Waals surface area contributed by atoms with Gasteiger partial charge >= 0.3 is 0 Å². The van der Waals surface area contributed by atoms with E-state index in [2.05, 4.69) is 31.9 Å². The Balaban J connectivity index is 2.22. The minimum Gasteiger partial charge on any atom is -0.494 e. The van der Waals surface area contributed by atoms with Crippen molar-refractivity contribution in [1.29, 1.82) is 0 Å². The van der Waals surface area contributed by atoms with Gasteiger partial charge in [0.2, 0.25) is 0 Å². The fraction of sp³-hybridized carbons (Fsp3) is 0.412. The standard InChI is InChI=1S/C17H20Br2O3/c1-20-17-15-6-5-14(21-10-2-8-18)12-13(15)4-7-16(17)22-11-3-9-19/h4-7,12H,2-3,8-11H2,1H3. The number of ether oxygens (including phenoxy) is 3. The molecule has 0 saturated carbocycles. The molecule has 0 spiro atoms. The molecule has 0 radical (unpaired) electrons. The molecule has 0 unspecified atom stereocenters. The van der Waals surface area contributed by atoms with E-state index in [0.29, 0.717) is 13.2 Å². The Morgan fingerprint density at radius 3 is 2.32 bits per heavy atom. The van der Waals surface area contributed by atoms with Gasteiger partial charge in [0.1, 0.15) is 5.75 Å². The summed E-state index contributed by atoms with van der Waals surface area (Å²) in [7, 11) is 1.67. The summed E-state index contributed by atoms with van der Waals surface area (Å²) in [6.45, 7) is 1.38. The van der Waals surface area contributed by atoms with Crippen LogP contribution in [0.5, 0.6) is 17.2 Å². The minimum atomic E-state index is 0.668. The Labute approximate surface area is 148 Å². The van der Waals surface area contributed by atoms with Crippen LogP contribution >= 0.6 is 31.9 Å². The summed E-state index contributed by atoms with van der Waals surface area (Å²) in [5.74, 6) is 2.44. The Bertz CT molecular complexity index is 602. The molecule has 120 valence electrons. The van der Waals surface area contributed by atoms with Gasteiger partial charge in [0.25, 0.3) is 0 Å². The molecular formula is C17H20Br2O3. The van der Waals surface area contributed by atoms with Crippen molar-refractivity contribution in [2.24, 2.45) is 0 Å². The topological polar surface area (TPSA) is 27.7 Å². The van der Waals surface area contributed by atoms with E-state index in [1.165, 1.54) is 0 Å². The molecular weight excluding hydrogens is 412 g/mol. The zero-order valence-electron chi connectivity index (χ0n) is 12.6. The first kappa shape index (κ1) is 17.4. The molecule has 2 aromatic rings. The van der Waals surface area contributed by atoms with Gasteiger partial charge in [-0.2, -0.15) is 0 Å². The van der Waals surface area contributed by atoms with Gasteiger partial charge in [-0.25, -0.2) is 0 Å². The maximum Gasteiger partial charge on any atom is 0.168 e. The third-order valence-corrected chi connectivity index (χ3v) is 4.31. The highest BCUT2D eigenvalue weighted by Gasteiger charge is 2.10. The van der Waals surface area contributed by atoms with Crippen LogP contribution in [-0.4, -0.2) is 31.0 Å². The molecule has 0 heterocycles. The zero-order valence-corrected chi connectivity index (χ0v) is 15.8. The van der Waals surface area contributed by atoms with Gasteiger partial charge in [-0.05, 0) is 42.5 Å². The number of hydrogen-bond donors (Lipinski definition) is 0. The lowest BCUT2D eigenvalue weighted by molar-refractivity contribution is 0.297. The van der Waals surface area contributed by atoms with Gasteiger partial charge in [-0.3, -0.25) is 0 Å². The van der Waals surface area contributed by atoms with Gasteiger partial charge < -0.3 is 14.2 Å². The molecule has 5 heteroatoms. The first-order valence-electron chi connectivity index (χ1n) is 7.28. The second kappa shape index (κ2) is 9.26. The number of halogens is 2. The van der Waals surface area contributed by atoms with Gasteiger partial charge in [-0.15, -0.1) is 0 Å². The predicted molar refractivity (Wildman–Crippen MR) is 98.3 cm³/mol. The molecule has 0 atom stereocenters. The third kappa shape index (κ3) is 4.53. The molecule has 0 amide bonds. The third-order valence-electron chi connectivity index (χ3n) is 3.19. The molecule has 0 bridgehead atoms. The first-order chi connectivity index (χ1) is 10.8. The van der Waals surface area contributed by atoms with Crippen molar-refractivity contribution in [3.8, 4) is 17.2 Å². The largest absolute Gasteiger partial charge is 0.494 e. The van der Waals surface area contributed by atoms with Crippen molar-refractivity contribution < 1.29 is 14.2 Å². The van der Waals surface area contributed by atoms with E-state index in [1.807, 2.05) is 30.3 Å². The summed E-state index contributed by atoms with van der Waals surface area (Å²) >= 11 is 6.81. The fourth-order valence-corrected chi connectivity index (χ4v) is 2.61. The number of fused-ring (bicyclic) bond motifs is 1. The molecule has 2 aromatic carbocycles. The van der Waals surface area contributed by atoms with Gasteiger partial charge in [0.15, 0.2) is 11.5 Å². The van der Waals surface area contributed by atoms with Crippen molar-refractivity contribution >= 4 is 42.6 Å². The van der Waals surface area contributed by atoms with Crippen molar-refractivity contribution in [2.45, 2.75) is 12.8 Å². The van der Waals surface area contributed by atoms with Crippen LogP contribution in [0.2, 0.25) is 0 Å². The molecule has 0 fully saturated rings. The highest BCUT2D eigenvalue weighted by molar-refractivity contribution is 9.09. The number of rotatable bonds is 9. The van der Waals surface area contributed by atoms with Crippen LogP contribution in [0, 0.1) is 0 Å². The maximum absolute atomic E-state index is 5.79. The first-order valence-corrected chi connectivity index (χ1v) is 9.52. The van der Waals surface area contributed by atoms with Crippen molar-refractivity contribution in [1.82, 2.24) is 0 Å². The Kier molecular flexibility index (Phi) is 7.33. The second-order valence-electron chi connectivity index (χ2n) is 4.76. The molecule has 0 aliphatic heterocycles. The Morgan fingerprint density at radius 1 is 0.909 bits per heavy atom. The van der Waals surface area contributed by atoms with E-state index in [0.717, 1.165) is 51.5 Å². The number of hydrogen-bond acceptors (Lipinski definition) is 3. The van der Waals surface area contributed by atoms with Gasteiger partial charge in [-0.1, -0.05) is 37.9 Å². The summed E-state index contributed by atoms with van der Waals surface area (Å²) in [5, 5.41) is 3.99. The summed E-state index contributed by atoms with van der Waals surface area (Å²) in [6, 6.07) is 10.0. The lowest BCUT2D eigenvalue weighted by atomic mass is 10.1. The lowest BCUT2D eigenvalue weighted by Crippen LogP contribution is -2.00. The van der Waals surface area contributed by atoms with Crippen molar-refractivity contribution in [2.75, 3.05) is 31.0 Å². The van der Waals surface area contributed by atoms with E-state index in [-0.39, 0.29) is 0 Å². The molecule has 0 aliphatic carbocycles. The quantitative estimate of drug-likeness (QED) is 0.404. The summed E-state index contributed by atoms with van der Waals surface area (Å²) < 4.78 is 17.1. The molecule has 2 rings (SSSR count). The maximum atomic E-state index is 5.79. The minimum absolute atomic E-state index is 0.668. The van der Waals surface area contributed by atoms with Crippen LogP contribution in [-0.2, 0) is 0 Å². The van der Waals surface area contributed by atoms with Crippen molar-refractivity contribution in [3.05, 3.63) is 30.3 Å². The van der Waals surface area contributed by atoms with Crippen LogP contribution < -0.4 is 14.2 Å². The SMILES string of the molecule is COc1c(OCCCBr)ccc2cc(OCCCBr)ccc12. The van der Waals surface area contributed by atoms with E-state index < -0.39 is 0 Å². The van der Waals surface area contributed by atoms with Gasteiger partial charge in [0, 0.05) is 16.0 Å². The van der Waals surface area contributed by atoms with Crippen molar-refractivity contribution in [3.63, 3.8) is 0 Å². The molecule has 0 aliphatic rings. The molecule has 3 nitrogen and oxygen atoms in total. The van der Waals surface area contributed by atoms with Crippen LogP contribution in [0.15, 0.2) is 30.3 Å². The van der Waals surface area contributed by atoms with Gasteiger partial charge in [0.05, 0.1) is 20.3 Å². The monoisotopic (exact) mass is 430 g/mol.